The number of nitriles is 1. The maximum atomic E-state index is 14.0. The Labute approximate surface area is 247 Å². The smallest absolute Gasteiger partial charge is 0.418 e. The number of hydrogen-bond acceptors (Lipinski definition) is 8. The lowest BCUT2D eigenvalue weighted by Gasteiger charge is -2.32. The van der Waals surface area contributed by atoms with Crippen molar-refractivity contribution in [1.82, 2.24) is 15.3 Å². The van der Waals surface area contributed by atoms with E-state index in [4.69, 9.17) is 4.42 Å². The molecular weight excluding hydrogens is 583 g/mol. The zero-order valence-corrected chi connectivity index (χ0v) is 24.0. The molecule has 0 radical (unpaired) electrons. The third kappa shape index (κ3) is 5.85. The van der Waals surface area contributed by atoms with E-state index in [1.165, 1.54) is 12.3 Å². The van der Waals surface area contributed by atoms with Crippen LogP contribution in [-0.2, 0) is 20.8 Å². The maximum absolute atomic E-state index is 14.0. The monoisotopic (exact) mass is 613 g/mol. The Morgan fingerprint density at radius 3 is 2.49 bits per heavy atom. The molecule has 0 unspecified atom stereocenters. The van der Waals surface area contributed by atoms with E-state index in [1.807, 2.05) is 11.0 Å². The Morgan fingerprint density at radius 2 is 1.79 bits per heavy atom. The minimum absolute atomic E-state index is 0.0212. The standard InChI is InChI=1S/C30H30F3N5O4S/c31-30(32,33)22-9-5-13-35-25(22)28-36-24(21-8-3-4-10-23(21)38-14-16-43(40,41)17-15-38)26(42-28)19-6-1-2-7-20(19)27(39)37-29(18-34)11-12-29/h3-5,8-10,13,19-20H,1-2,6-7,11-12,14-17H2,(H,37,39)/t19-,20-/m1/s1. The molecule has 0 bridgehead atoms. The maximum Gasteiger partial charge on any atom is 0.418 e. The predicted octanol–water partition coefficient (Wildman–Crippen LogP) is 5.10. The molecule has 2 atom stereocenters. The van der Waals surface area contributed by atoms with Crippen LogP contribution in [0, 0.1) is 17.2 Å². The topological polar surface area (TPSA) is 129 Å². The number of para-hydroxylation sites is 1. The van der Waals surface area contributed by atoms with Crippen molar-refractivity contribution in [3.63, 3.8) is 0 Å². The van der Waals surface area contributed by atoms with E-state index in [9.17, 15) is 31.6 Å². The fraction of sp³-hybridized carbons (Fsp3) is 0.467. The summed E-state index contributed by atoms with van der Waals surface area (Å²) in [5, 5.41) is 12.4. The van der Waals surface area contributed by atoms with Gasteiger partial charge in [0.05, 0.1) is 23.1 Å². The zero-order valence-electron chi connectivity index (χ0n) is 23.2. The highest BCUT2D eigenvalue weighted by molar-refractivity contribution is 7.91. The molecule has 3 aromatic rings. The fourth-order valence-electron chi connectivity index (χ4n) is 6.06. The highest BCUT2D eigenvalue weighted by Crippen LogP contribution is 2.47. The second kappa shape index (κ2) is 11.0. The van der Waals surface area contributed by atoms with Gasteiger partial charge in [-0.05, 0) is 43.9 Å². The van der Waals surface area contributed by atoms with Crippen LogP contribution in [0.2, 0.25) is 0 Å². The van der Waals surface area contributed by atoms with Crippen molar-refractivity contribution in [2.75, 3.05) is 29.5 Å². The third-order valence-electron chi connectivity index (χ3n) is 8.58. The minimum Gasteiger partial charge on any atom is -0.439 e. The van der Waals surface area contributed by atoms with Gasteiger partial charge in [0.2, 0.25) is 11.8 Å². The van der Waals surface area contributed by atoms with Gasteiger partial charge in [-0.25, -0.2) is 13.4 Å². The van der Waals surface area contributed by atoms with Crippen LogP contribution in [-0.4, -0.2) is 54.4 Å². The Bertz CT molecular complexity index is 1680. The molecule has 1 saturated heterocycles. The number of carbonyl (C=O) groups is 1. The second-order valence-corrected chi connectivity index (χ2v) is 13.8. The molecule has 1 amide bonds. The Balaban J connectivity index is 1.48. The molecule has 2 saturated carbocycles. The van der Waals surface area contributed by atoms with Crippen molar-refractivity contribution < 1.29 is 30.8 Å². The number of alkyl halides is 3. The van der Waals surface area contributed by atoms with Gasteiger partial charge in [0, 0.05) is 42.4 Å². The number of rotatable bonds is 6. The number of nitrogens with zero attached hydrogens (tertiary/aromatic N) is 4. The lowest BCUT2D eigenvalue weighted by atomic mass is 9.76. The van der Waals surface area contributed by atoms with E-state index in [2.05, 4.69) is 21.4 Å². The van der Waals surface area contributed by atoms with Crippen molar-refractivity contribution in [3.05, 3.63) is 53.9 Å². The van der Waals surface area contributed by atoms with Crippen LogP contribution < -0.4 is 10.2 Å². The van der Waals surface area contributed by atoms with Crippen molar-refractivity contribution in [2.24, 2.45) is 5.92 Å². The lowest BCUT2D eigenvalue weighted by Crippen LogP contribution is -2.42. The van der Waals surface area contributed by atoms with Gasteiger partial charge in [-0.2, -0.15) is 18.4 Å². The summed E-state index contributed by atoms with van der Waals surface area (Å²) in [4.78, 5) is 24.1. The number of aromatic nitrogens is 2. The number of oxazole rings is 1. The minimum atomic E-state index is -4.71. The van der Waals surface area contributed by atoms with Crippen LogP contribution in [0.15, 0.2) is 47.0 Å². The van der Waals surface area contributed by atoms with Gasteiger partial charge in [-0.15, -0.1) is 0 Å². The summed E-state index contributed by atoms with van der Waals surface area (Å²) in [5.41, 5.74) is -0.783. The predicted molar refractivity (Wildman–Crippen MR) is 151 cm³/mol. The molecule has 0 spiro atoms. The number of amides is 1. The quantitative estimate of drug-likeness (QED) is 0.407. The average molecular weight is 614 g/mol. The zero-order chi connectivity index (χ0) is 30.4. The number of nitrogens with one attached hydrogen (secondary N) is 1. The summed E-state index contributed by atoms with van der Waals surface area (Å²) < 4.78 is 72.5. The van der Waals surface area contributed by atoms with Gasteiger partial charge in [0.1, 0.15) is 22.7 Å². The van der Waals surface area contributed by atoms with Crippen LogP contribution in [0.1, 0.15) is 55.8 Å². The van der Waals surface area contributed by atoms with Crippen LogP contribution in [0.4, 0.5) is 18.9 Å². The normalized spacial score (nSPS) is 22.9. The van der Waals surface area contributed by atoms with E-state index in [1.54, 1.807) is 18.2 Å². The summed E-state index contributed by atoms with van der Waals surface area (Å²) >= 11 is 0. The first-order valence-corrected chi connectivity index (χ1v) is 16.1. The van der Waals surface area contributed by atoms with Crippen LogP contribution in [0.5, 0.6) is 0 Å². The summed E-state index contributed by atoms with van der Waals surface area (Å²) in [6, 6.07) is 11.5. The molecule has 2 aromatic heterocycles. The van der Waals surface area contributed by atoms with Gasteiger partial charge >= 0.3 is 6.18 Å². The van der Waals surface area contributed by atoms with Gasteiger partial charge in [0.25, 0.3) is 0 Å². The van der Waals surface area contributed by atoms with E-state index in [0.29, 0.717) is 42.6 Å². The van der Waals surface area contributed by atoms with E-state index >= 15 is 0 Å². The molecule has 13 heteroatoms. The first-order chi connectivity index (χ1) is 20.5. The average Bonchev–Trinajstić information content (AvgIpc) is 3.63. The SMILES string of the molecule is N#CC1(NC(=O)[C@@H]2CCCC[C@H]2c2oc(-c3ncccc3C(F)(F)F)nc2-c2ccccc2N2CCS(=O)(=O)CC2)CC1. The van der Waals surface area contributed by atoms with Crippen LogP contribution >= 0.6 is 0 Å². The van der Waals surface area contributed by atoms with E-state index < -0.39 is 44.6 Å². The first-order valence-electron chi connectivity index (χ1n) is 14.3. The number of hydrogen-bond donors (Lipinski definition) is 1. The molecule has 2 aliphatic carbocycles. The molecule has 43 heavy (non-hydrogen) atoms. The Kier molecular flexibility index (Phi) is 7.44. The van der Waals surface area contributed by atoms with Gasteiger partial charge in [-0.1, -0.05) is 31.0 Å². The molecule has 1 aliphatic heterocycles. The number of anilines is 1. The van der Waals surface area contributed by atoms with Crippen molar-refractivity contribution in [2.45, 2.75) is 56.2 Å². The highest BCUT2D eigenvalue weighted by Gasteiger charge is 2.47. The van der Waals surface area contributed by atoms with Crippen molar-refractivity contribution in [3.8, 4) is 28.9 Å². The molecular formula is C30H30F3N5O4S. The second-order valence-electron chi connectivity index (χ2n) is 11.5. The number of pyridine rings is 1. The summed E-state index contributed by atoms with van der Waals surface area (Å²) in [5.74, 6) is -1.43. The van der Waals surface area contributed by atoms with E-state index in [-0.39, 0.29) is 42.2 Å². The number of benzene rings is 1. The largest absolute Gasteiger partial charge is 0.439 e. The fourth-order valence-corrected chi connectivity index (χ4v) is 7.26. The van der Waals surface area contributed by atoms with Crippen molar-refractivity contribution in [1.29, 1.82) is 5.26 Å². The Hall–Kier alpha value is -3.92. The van der Waals surface area contributed by atoms with Gasteiger partial charge < -0.3 is 14.6 Å². The van der Waals surface area contributed by atoms with Crippen LogP contribution in [0.3, 0.4) is 0 Å². The molecule has 1 aromatic carbocycles. The lowest BCUT2D eigenvalue weighted by molar-refractivity contribution is -0.137. The first kappa shape index (κ1) is 29.2. The Morgan fingerprint density at radius 1 is 1.07 bits per heavy atom. The number of sulfone groups is 1. The summed E-state index contributed by atoms with van der Waals surface area (Å²) in [7, 11) is -3.16. The van der Waals surface area contributed by atoms with Crippen molar-refractivity contribution >= 4 is 21.4 Å². The van der Waals surface area contributed by atoms with Crippen LogP contribution in [0.25, 0.3) is 22.8 Å². The molecule has 3 fully saturated rings. The van der Waals surface area contributed by atoms with Gasteiger partial charge in [-0.3, -0.25) is 9.78 Å². The number of halogens is 3. The third-order valence-corrected chi connectivity index (χ3v) is 10.2. The molecule has 226 valence electrons. The van der Waals surface area contributed by atoms with E-state index in [0.717, 1.165) is 18.9 Å². The molecule has 6 rings (SSSR count). The molecule has 3 aliphatic rings. The van der Waals surface area contributed by atoms with Gasteiger partial charge in [0.15, 0.2) is 9.84 Å². The summed E-state index contributed by atoms with van der Waals surface area (Å²) in [6.07, 6.45) is 0.293. The highest BCUT2D eigenvalue weighted by atomic mass is 32.2. The molecule has 1 N–H and O–H groups in total. The summed E-state index contributed by atoms with van der Waals surface area (Å²) in [6.45, 7) is 0.505. The number of carbonyl (C=O) groups excluding carboxylic acids is 1. The molecule has 9 nitrogen and oxygen atoms in total. The molecule has 3 heterocycles.